The maximum Gasteiger partial charge on any atom is 0.257 e. The zero-order valence-electron chi connectivity index (χ0n) is 10.6. The molecule has 2 N–H and O–H groups in total. The summed E-state index contributed by atoms with van der Waals surface area (Å²) in [5.74, 6) is 1.53. The number of aromatic nitrogens is 9. The standard InChI is InChI=1S/C9H10N10S/c1-5-13-9(18-17-5)20-8-15-6(10-2)14-7(16-8)19-4-11-3-12-19/h3-4H,1-2H3,(H,13,17,18)(H,10,14,15,16). The Morgan fingerprint density at radius 1 is 1.20 bits per heavy atom. The summed E-state index contributed by atoms with van der Waals surface area (Å²) in [6.07, 6.45) is 2.93. The number of nitrogens with zero attached hydrogens (tertiary/aromatic N) is 8. The average Bonchev–Trinajstić information content (AvgIpc) is 3.10. The van der Waals surface area contributed by atoms with Gasteiger partial charge in [0.25, 0.3) is 5.95 Å². The van der Waals surface area contributed by atoms with Crippen molar-refractivity contribution >= 4 is 17.7 Å². The summed E-state index contributed by atoms with van der Waals surface area (Å²) in [6.45, 7) is 1.82. The number of hydrogen-bond acceptors (Lipinski definition) is 9. The predicted molar refractivity (Wildman–Crippen MR) is 69.5 cm³/mol. The average molecular weight is 290 g/mol. The van der Waals surface area contributed by atoms with Crippen LogP contribution in [0.3, 0.4) is 0 Å². The first-order valence-corrected chi connectivity index (χ1v) is 6.42. The van der Waals surface area contributed by atoms with E-state index in [4.69, 9.17) is 0 Å². The molecule has 3 heterocycles. The van der Waals surface area contributed by atoms with Crippen LogP contribution in [-0.2, 0) is 0 Å². The van der Waals surface area contributed by atoms with Crippen molar-refractivity contribution < 1.29 is 0 Å². The Kier molecular flexibility index (Phi) is 3.25. The van der Waals surface area contributed by atoms with Crippen LogP contribution in [0.2, 0.25) is 0 Å². The fraction of sp³-hybridized carbons (Fsp3) is 0.222. The van der Waals surface area contributed by atoms with E-state index in [2.05, 4.69) is 45.5 Å². The molecule has 0 aliphatic carbocycles. The number of hydrogen-bond donors (Lipinski definition) is 2. The van der Waals surface area contributed by atoms with Crippen LogP contribution in [0, 0.1) is 6.92 Å². The lowest BCUT2D eigenvalue weighted by molar-refractivity contribution is 0.759. The van der Waals surface area contributed by atoms with E-state index < -0.39 is 0 Å². The van der Waals surface area contributed by atoms with Gasteiger partial charge < -0.3 is 5.32 Å². The molecular weight excluding hydrogens is 280 g/mol. The maximum atomic E-state index is 4.30. The lowest BCUT2D eigenvalue weighted by Gasteiger charge is -2.04. The third-order valence-electron chi connectivity index (χ3n) is 2.21. The Labute approximate surface area is 117 Å². The summed E-state index contributed by atoms with van der Waals surface area (Å²) in [5.41, 5.74) is 0. The van der Waals surface area contributed by atoms with E-state index in [1.807, 2.05) is 6.92 Å². The Hall–Kier alpha value is -2.56. The number of anilines is 1. The fourth-order valence-corrected chi connectivity index (χ4v) is 2.06. The number of rotatable bonds is 4. The Bertz CT molecular complexity index is 705. The molecule has 0 atom stereocenters. The van der Waals surface area contributed by atoms with Gasteiger partial charge >= 0.3 is 0 Å². The molecule has 20 heavy (non-hydrogen) atoms. The Morgan fingerprint density at radius 3 is 2.75 bits per heavy atom. The number of aromatic amines is 1. The van der Waals surface area contributed by atoms with Gasteiger partial charge in [-0.2, -0.15) is 24.7 Å². The number of H-pyrrole nitrogens is 1. The molecule has 0 aromatic carbocycles. The van der Waals surface area contributed by atoms with Crippen LogP contribution >= 0.6 is 11.8 Å². The van der Waals surface area contributed by atoms with E-state index in [1.54, 1.807) is 7.05 Å². The lowest BCUT2D eigenvalue weighted by atomic mass is 10.8. The van der Waals surface area contributed by atoms with Gasteiger partial charge in [0.15, 0.2) is 0 Å². The first kappa shape index (κ1) is 12.5. The molecule has 0 spiro atoms. The van der Waals surface area contributed by atoms with Gasteiger partial charge in [0.05, 0.1) is 0 Å². The molecule has 0 fully saturated rings. The molecule has 0 aliphatic rings. The Balaban J connectivity index is 1.96. The molecule has 0 bridgehead atoms. The van der Waals surface area contributed by atoms with E-state index in [0.29, 0.717) is 22.2 Å². The molecule has 0 unspecified atom stereocenters. The summed E-state index contributed by atoms with van der Waals surface area (Å²) >= 11 is 1.23. The van der Waals surface area contributed by atoms with Crippen LogP contribution in [0.1, 0.15) is 5.82 Å². The predicted octanol–water partition coefficient (Wildman–Crippen LogP) is 0.0717. The second kappa shape index (κ2) is 5.21. The molecule has 10 nitrogen and oxygen atoms in total. The lowest BCUT2D eigenvalue weighted by Crippen LogP contribution is -2.07. The summed E-state index contributed by atoms with van der Waals surface area (Å²) in [5, 5.41) is 14.7. The minimum absolute atomic E-state index is 0.372. The van der Waals surface area contributed by atoms with Gasteiger partial charge in [-0.05, 0) is 18.7 Å². The van der Waals surface area contributed by atoms with Gasteiger partial charge in [0, 0.05) is 7.05 Å². The number of nitrogens with one attached hydrogen (secondary N) is 2. The molecule has 0 saturated heterocycles. The highest BCUT2D eigenvalue weighted by Crippen LogP contribution is 2.21. The minimum atomic E-state index is 0.372. The van der Waals surface area contributed by atoms with E-state index in [0.717, 1.165) is 5.82 Å². The normalized spacial score (nSPS) is 10.7. The van der Waals surface area contributed by atoms with Gasteiger partial charge in [-0.1, -0.05) is 0 Å². The van der Waals surface area contributed by atoms with Crippen molar-refractivity contribution in [2.75, 3.05) is 12.4 Å². The van der Waals surface area contributed by atoms with Crippen molar-refractivity contribution in [1.29, 1.82) is 0 Å². The molecule has 0 amide bonds. The monoisotopic (exact) mass is 290 g/mol. The second-order valence-electron chi connectivity index (χ2n) is 3.64. The quantitative estimate of drug-likeness (QED) is 0.687. The minimum Gasteiger partial charge on any atom is -0.357 e. The van der Waals surface area contributed by atoms with Gasteiger partial charge in [-0.15, -0.1) is 5.10 Å². The van der Waals surface area contributed by atoms with Crippen LogP contribution in [0.5, 0.6) is 0 Å². The molecular formula is C9H10N10S. The summed E-state index contributed by atoms with van der Waals surface area (Å²) < 4.78 is 1.45. The molecule has 0 aliphatic heterocycles. The van der Waals surface area contributed by atoms with Crippen LogP contribution < -0.4 is 5.32 Å². The van der Waals surface area contributed by atoms with Gasteiger partial charge in [0.2, 0.25) is 16.3 Å². The smallest absolute Gasteiger partial charge is 0.257 e. The molecule has 3 rings (SSSR count). The first-order valence-electron chi connectivity index (χ1n) is 5.60. The fourth-order valence-electron chi connectivity index (χ4n) is 1.37. The van der Waals surface area contributed by atoms with Crippen LogP contribution in [0.15, 0.2) is 23.0 Å². The Morgan fingerprint density at radius 2 is 2.10 bits per heavy atom. The third kappa shape index (κ3) is 2.56. The van der Waals surface area contributed by atoms with E-state index in [-0.39, 0.29) is 0 Å². The number of aryl methyl sites for hydroxylation is 1. The van der Waals surface area contributed by atoms with Crippen molar-refractivity contribution in [3.8, 4) is 5.95 Å². The van der Waals surface area contributed by atoms with Crippen molar-refractivity contribution in [2.45, 2.75) is 17.2 Å². The van der Waals surface area contributed by atoms with Crippen molar-refractivity contribution in [2.24, 2.45) is 0 Å². The molecule has 3 aromatic heterocycles. The summed E-state index contributed by atoms with van der Waals surface area (Å²) in [4.78, 5) is 20.8. The van der Waals surface area contributed by atoms with Crippen molar-refractivity contribution in [3.63, 3.8) is 0 Å². The summed E-state index contributed by atoms with van der Waals surface area (Å²) in [7, 11) is 1.73. The van der Waals surface area contributed by atoms with Crippen LogP contribution in [-0.4, -0.2) is 51.9 Å². The second-order valence-corrected chi connectivity index (χ2v) is 4.57. The molecule has 102 valence electrons. The van der Waals surface area contributed by atoms with E-state index in [1.165, 1.54) is 29.1 Å². The van der Waals surface area contributed by atoms with Gasteiger partial charge in [-0.3, -0.25) is 5.10 Å². The van der Waals surface area contributed by atoms with Gasteiger partial charge in [-0.25, -0.2) is 9.97 Å². The van der Waals surface area contributed by atoms with Crippen LogP contribution in [0.4, 0.5) is 5.95 Å². The highest BCUT2D eigenvalue weighted by Gasteiger charge is 2.11. The zero-order chi connectivity index (χ0) is 13.9. The largest absolute Gasteiger partial charge is 0.357 e. The van der Waals surface area contributed by atoms with Crippen molar-refractivity contribution in [3.05, 3.63) is 18.5 Å². The molecule has 0 radical (unpaired) electrons. The molecule has 0 saturated carbocycles. The molecule has 11 heteroatoms. The van der Waals surface area contributed by atoms with Crippen LogP contribution in [0.25, 0.3) is 5.95 Å². The van der Waals surface area contributed by atoms with E-state index >= 15 is 0 Å². The summed E-state index contributed by atoms with van der Waals surface area (Å²) in [6, 6.07) is 0. The first-order chi connectivity index (χ1) is 9.74. The highest BCUT2D eigenvalue weighted by atomic mass is 32.2. The van der Waals surface area contributed by atoms with E-state index in [9.17, 15) is 0 Å². The SMILES string of the molecule is CNc1nc(Sc2n[nH]c(C)n2)nc(-n2cncn2)n1. The topological polar surface area (TPSA) is 123 Å². The molecule has 3 aromatic rings. The third-order valence-corrected chi connectivity index (χ3v) is 2.94. The van der Waals surface area contributed by atoms with Crippen molar-refractivity contribution in [1.82, 2.24) is 44.9 Å². The zero-order valence-corrected chi connectivity index (χ0v) is 11.5. The van der Waals surface area contributed by atoms with Gasteiger partial charge in [0.1, 0.15) is 18.5 Å². The maximum absolute atomic E-state index is 4.30. The highest BCUT2D eigenvalue weighted by molar-refractivity contribution is 7.99.